The molecule has 0 spiro atoms. The molecule has 3 fully saturated rings. The summed E-state index contributed by atoms with van der Waals surface area (Å²) in [4.78, 5) is 18.0. The zero-order valence-corrected chi connectivity index (χ0v) is 34.2. The van der Waals surface area contributed by atoms with Crippen molar-refractivity contribution < 1.29 is 58.7 Å². The van der Waals surface area contributed by atoms with Crippen molar-refractivity contribution in [3.63, 3.8) is 0 Å². The summed E-state index contributed by atoms with van der Waals surface area (Å²) in [5, 5.41) is 58.1. The first-order valence-electron chi connectivity index (χ1n) is 19.1. The van der Waals surface area contributed by atoms with Crippen molar-refractivity contribution in [3.05, 3.63) is 0 Å². The van der Waals surface area contributed by atoms with Gasteiger partial charge < -0.3 is 63.8 Å². The average Bonchev–Trinajstić information content (AvgIpc) is 3.05. The zero-order valence-electron chi connectivity index (χ0n) is 34.2. The van der Waals surface area contributed by atoms with Crippen molar-refractivity contribution in [1.82, 2.24) is 9.80 Å². The van der Waals surface area contributed by atoms with E-state index >= 15 is 0 Å². The van der Waals surface area contributed by atoms with Gasteiger partial charge in [0.15, 0.2) is 12.6 Å². The van der Waals surface area contributed by atoms with Gasteiger partial charge in [-0.3, -0.25) is 4.79 Å². The summed E-state index contributed by atoms with van der Waals surface area (Å²) in [6.45, 7) is 18.0. The molecule has 14 nitrogen and oxygen atoms in total. The molecular weight excluding hydrogens is 676 g/mol. The van der Waals surface area contributed by atoms with Crippen LogP contribution in [0.25, 0.3) is 0 Å². The molecule has 1 unspecified atom stereocenters. The molecule has 3 saturated heterocycles. The second-order valence-corrected chi connectivity index (χ2v) is 17.2. The summed E-state index contributed by atoms with van der Waals surface area (Å²) in [6.07, 6.45) is -8.19. The van der Waals surface area contributed by atoms with E-state index in [9.17, 15) is 30.3 Å². The number of rotatable bonds is 7. The summed E-state index contributed by atoms with van der Waals surface area (Å²) in [5.41, 5.74) is -4.37. The molecule has 18 atom stereocenters. The van der Waals surface area contributed by atoms with Crippen LogP contribution >= 0.6 is 0 Å². The number of carbonyl (C=O) groups is 1. The molecule has 0 aromatic carbocycles. The van der Waals surface area contributed by atoms with Crippen LogP contribution in [-0.2, 0) is 33.2 Å². The Morgan fingerprint density at radius 1 is 0.942 bits per heavy atom. The average molecular weight is 749 g/mol. The van der Waals surface area contributed by atoms with E-state index in [2.05, 4.69) is 0 Å². The van der Waals surface area contributed by atoms with Crippen LogP contribution in [0, 0.1) is 17.8 Å². The molecule has 3 heterocycles. The lowest BCUT2D eigenvalue weighted by Crippen LogP contribution is -2.60. The number of ether oxygens (including phenoxy) is 6. The van der Waals surface area contributed by atoms with Crippen molar-refractivity contribution >= 4 is 5.97 Å². The van der Waals surface area contributed by atoms with Gasteiger partial charge in [0.1, 0.15) is 30.0 Å². The van der Waals surface area contributed by atoms with Crippen LogP contribution in [0.2, 0.25) is 0 Å². The second-order valence-electron chi connectivity index (χ2n) is 17.2. The maximum absolute atomic E-state index is 14.2. The minimum atomic E-state index is -1.80. The van der Waals surface area contributed by atoms with Crippen LogP contribution in [-0.4, -0.2) is 166 Å². The first-order valence-corrected chi connectivity index (χ1v) is 19.1. The van der Waals surface area contributed by atoms with E-state index in [0.29, 0.717) is 13.0 Å². The Morgan fingerprint density at radius 2 is 1.56 bits per heavy atom. The highest BCUT2D eigenvalue weighted by molar-refractivity contribution is 5.73. The number of hydrogen-bond donors (Lipinski definition) is 5. The molecule has 306 valence electrons. The Hall–Kier alpha value is -1.01. The molecule has 0 amide bonds. The van der Waals surface area contributed by atoms with Gasteiger partial charge in [-0.1, -0.05) is 20.8 Å². The highest BCUT2D eigenvalue weighted by Gasteiger charge is 2.52. The van der Waals surface area contributed by atoms with E-state index in [1.54, 1.807) is 41.5 Å². The van der Waals surface area contributed by atoms with Crippen molar-refractivity contribution in [2.75, 3.05) is 34.8 Å². The van der Waals surface area contributed by atoms with E-state index in [-0.39, 0.29) is 37.3 Å². The lowest BCUT2D eigenvalue weighted by atomic mass is 9.77. The minimum Gasteiger partial charge on any atom is -0.459 e. The number of aliphatic hydroxyl groups excluding tert-OH is 3. The number of cyclic esters (lactones) is 1. The summed E-state index contributed by atoms with van der Waals surface area (Å²) in [6, 6.07) is -0.808. The number of carbonyl (C=O) groups excluding carboxylic acids is 1. The summed E-state index contributed by atoms with van der Waals surface area (Å²) < 4.78 is 37.5. The predicted octanol–water partition coefficient (Wildman–Crippen LogP) is 1.90. The second kappa shape index (κ2) is 17.8. The Labute approximate surface area is 312 Å². The van der Waals surface area contributed by atoms with Crippen molar-refractivity contribution in [2.45, 2.75) is 185 Å². The van der Waals surface area contributed by atoms with Crippen LogP contribution in [0.5, 0.6) is 0 Å². The largest absolute Gasteiger partial charge is 0.459 e. The Morgan fingerprint density at radius 3 is 2.12 bits per heavy atom. The maximum Gasteiger partial charge on any atom is 0.311 e. The fourth-order valence-corrected chi connectivity index (χ4v) is 8.74. The summed E-state index contributed by atoms with van der Waals surface area (Å²) in [7, 11) is 7.12. The molecule has 0 aromatic rings. The van der Waals surface area contributed by atoms with Crippen LogP contribution in [0.3, 0.4) is 0 Å². The van der Waals surface area contributed by atoms with E-state index in [0.717, 1.165) is 0 Å². The number of hydrogen-bond acceptors (Lipinski definition) is 14. The molecule has 3 aliphatic rings. The third kappa shape index (κ3) is 10.0. The lowest BCUT2D eigenvalue weighted by molar-refractivity contribution is -0.318. The lowest BCUT2D eigenvalue weighted by Gasteiger charge is -2.48. The number of esters is 1. The molecule has 3 rings (SSSR count). The minimum absolute atomic E-state index is 0.133. The maximum atomic E-state index is 14.2. The smallest absolute Gasteiger partial charge is 0.311 e. The van der Waals surface area contributed by atoms with Gasteiger partial charge in [-0.05, 0) is 94.8 Å². The third-order valence-electron chi connectivity index (χ3n) is 12.2. The van der Waals surface area contributed by atoms with Crippen molar-refractivity contribution in [1.29, 1.82) is 0 Å². The van der Waals surface area contributed by atoms with E-state index in [1.807, 2.05) is 51.7 Å². The third-order valence-corrected chi connectivity index (χ3v) is 12.2. The highest BCUT2D eigenvalue weighted by atomic mass is 16.7. The van der Waals surface area contributed by atoms with Crippen LogP contribution in [0.1, 0.15) is 94.9 Å². The molecular formula is C38H72N2O12. The van der Waals surface area contributed by atoms with Gasteiger partial charge in [0.25, 0.3) is 0 Å². The Balaban J connectivity index is 2.17. The number of nitrogens with zero attached hydrogens (tertiary/aromatic N) is 2. The van der Waals surface area contributed by atoms with Crippen LogP contribution in [0.4, 0.5) is 0 Å². The van der Waals surface area contributed by atoms with Gasteiger partial charge >= 0.3 is 5.97 Å². The summed E-state index contributed by atoms with van der Waals surface area (Å²) in [5.74, 6) is -2.58. The number of methoxy groups -OCH3 is 1. The van der Waals surface area contributed by atoms with Gasteiger partial charge in [-0.25, -0.2) is 0 Å². The van der Waals surface area contributed by atoms with Crippen molar-refractivity contribution in [3.8, 4) is 0 Å². The fraction of sp³-hybridized carbons (Fsp3) is 0.974. The summed E-state index contributed by atoms with van der Waals surface area (Å²) >= 11 is 0. The zero-order chi connectivity index (χ0) is 39.7. The van der Waals surface area contributed by atoms with E-state index in [4.69, 9.17) is 28.4 Å². The first kappa shape index (κ1) is 45.4. The predicted molar refractivity (Wildman–Crippen MR) is 194 cm³/mol. The number of aliphatic hydroxyl groups is 5. The van der Waals surface area contributed by atoms with E-state index in [1.165, 1.54) is 14.0 Å². The van der Waals surface area contributed by atoms with Gasteiger partial charge in [-0.15, -0.1) is 0 Å². The molecule has 5 N–H and O–H groups in total. The molecule has 3 aliphatic heterocycles. The molecule has 14 heteroatoms. The standard InChI is InChI=1S/C38H72N2O12/c1-15-27-38(10,46)31(42)24(6)40(13)19-20(2)17-36(8,45)33(52-35-29(41)26(39(11)12)16-21(3)48-35)22(4)30(23(5)34(44)50-27)51-28-18-37(9,47-14)32(43)25(7)49-28/h20-33,35,41-43,45-46H,15-19H2,1-14H3/t20-,21-,22+,23-,24-,25+,26+,27-,28+,29-,30+,31-,32+,33-,35-,36?,37-,38-/m1/s1. The fourth-order valence-electron chi connectivity index (χ4n) is 8.74. The molecule has 0 bridgehead atoms. The first-order chi connectivity index (χ1) is 23.9. The normalized spacial score (nSPS) is 49.6. The Kier molecular flexibility index (Phi) is 15.6. The quantitative estimate of drug-likeness (QED) is 0.238. The number of likely N-dealkylation sites (N-methyl/N-ethyl adjacent to an activating group) is 2. The van der Waals surface area contributed by atoms with Gasteiger partial charge in [0.05, 0.1) is 41.5 Å². The molecule has 0 aromatic heterocycles. The Bertz CT molecular complexity index is 1140. The molecule has 0 saturated carbocycles. The van der Waals surface area contributed by atoms with Crippen LogP contribution < -0.4 is 0 Å². The highest BCUT2D eigenvalue weighted by Crippen LogP contribution is 2.40. The monoisotopic (exact) mass is 749 g/mol. The van der Waals surface area contributed by atoms with Crippen molar-refractivity contribution in [2.24, 2.45) is 17.8 Å². The SMILES string of the molecule is CC[C@H]1OC(=O)[C@H](C)[C@@H](O[C@H]2C[C@@](C)(OC)[C@@H](O)[C@H](C)O2)[C@H](C)[C@@H](O[C@H]2O[C@H](C)C[C@H](N(C)C)[C@H]2O)C(C)(O)C[C@@H](C)CN(C)[C@H](C)[C@@H](O)[C@]1(C)O. The van der Waals surface area contributed by atoms with E-state index < -0.39 is 96.0 Å². The topological polar surface area (TPSA) is 180 Å². The van der Waals surface area contributed by atoms with Gasteiger partial charge in [0, 0.05) is 38.1 Å². The van der Waals surface area contributed by atoms with Gasteiger partial charge in [0.2, 0.25) is 0 Å². The molecule has 0 radical (unpaired) electrons. The molecule has 0 aliphatic carbocycles. The molecule has 52 heavy (non-hydrogen) atoms. The van der Waals surface area contributed by atoms with Gasteiger partial charge in [-0.2, -0.15) is 0 Å². The van der Waals surface area contributed by atoms with Crippen LogP contribution in [0.15, 0.2) is 0 Å².